The van der Waals surface area contributed by atoms with E-state index < -0.39 is 0 Å². The first-order valence-corrected chi connectivity index (χ1v) is 7.48. The number of halogens is 1. The van der Waals surface area contributed by atoms with Crippen molar-refractivity contribution < 1.29 is 9.53 Å². The molecule has 5 heteroatoms. The number of methoxy groups -OCH3 is 1. The second-order valence-electron chi connectivity index (χ2n) is 5.67. The molecular weight excluding hydrogens is 312 g/mol. The lowest BCUT2D eigenvalue weighted by atomic mass is 9.87. The highest BCUT2D eigenvalue weighted by Gasteiger charge is 2.17. The van der Waals surface area contributed by atoms with Crippen molar-refractivity contribution in [1.82, 2.24) is 0 Å². The molecule has 0 saturated heterocycles. The molecule has 0 aliphatic heterocycles. The van der Waals surface area contributed by atoms with E-state index in [4.69, 9.17) is 10.5 Å². The van der Waals surface area contributed by atoms with E-state index in [9.17, 15) is 4.79 Å². The second kappa shape index (κ2) is 7.49. The summed E-state index contributed by atoms with van der Waals surface area (Å²) in [4.78, 5) is 12.4. The summed E-state index contributed by atoms with van der Waals surface area (Å²) in [6, 6.07) is 13.5. The Kier molecular flexibility index (Phi) is 5.64. The molecule has 0 fully saturated rings. The summed E-state index contributed by atoms with van der Waals surface area (Å²) in [5.74, 6) is 0.614. The van der Waals surface area contributed by atoms with E-state index in [-0.39, 0.29) is 24.4 Å². The average molecular weight is 333 g/mol. The first-order chi connectivity index (χ1) is 10.7. The maximum Gasteiger partial charge on any atom is 0.255 e. The molecule has 1 amide bonds. The van der Waals surface area contributed by atoms with Gasteiger partial charge in [-0.25, -0.2) is 0 Å². The van der Waals surface area contributed by atoms with Crippen LogP contribution in [0.5, 0.6) is 5.75 Å². The van der Waals surface area contributed by atoms with Gasteiger partial charge in [0.25, 0.3) is 5.91 Å². The molecule has 23 heavy (non-hydrogen) atoms. The van der Waals surface area contributed by atoms with E-state index in [0.717, 1.165) is 30.7 Å². The topological polar surface area (TPSA) is 64.3 Å². The molecule has 3 rings (SSSR count). The van der Waals surface area contributed by atoms with Gasteiger partial charge in [0.05, 0.1) is 7.11 Å². The fraction of sp³-hybridized carbons (Fsp3) is 0.278. The molecule has 1 aliphatic carbocycles. The standard InChI is InChI=1S/C18H20N2O2.ClH/c1-22-17-4-2-3-16(11-17)20-18(21)14-6-5-13-10-15(19)8-7-12(13)9-14;/h2-6,9,11,15H,7-8,10,19H2,1H3,(H,20,21);1H. The van der Waals surface area contributed by atoms with Crippen LogP contribution in [0.1, 0.15) is 27.9 Å². The summed E-state index contributed by atoms with van der Waals surface area (Å²) in [5.41, 5.74) is 9.89. The largest absolute Gasteiger partial charge is 0.497 e. The lowest BCUT2D eigenvalue weighted by Crippen LogP contribution is -2.28. The minimum absolute atomic E-state index is 0. The average Bonchev–Trinajstić information content (AvgIpc) is 2.54. The summed E-state index contributed by atoms with van der Waals surface area (Å²) in [5, 5.41) is 2.90. The van der Waals surface area contributed by atoms with Gasteiger partial charge in [-0.05, 0) is 54.7 Å². The number of aryl methyl sites for hydroxylation is 1. The fourth-order valence-electron chi connectivity index (χ4n) is 2.83. The van der Waals surface area contributed by atoms with Gasteiger partial charge in [0.15, 0.2) is 0 Å². The zero-order chi connectivity index (χ0) is 15.5. The number of rotatable bonds is 3. The van der Waals surface area contributed by atoms with Crippen LogP contribution in [0.25, 0.3) is 0 Å². The quantitative estimate of drug-likeness (QED) is 0.907. The minimum Gasteiger partial charge on any atom is -0.497 e. The molecule has 4 nitrogen and oxygen atoms in total. The highest BCUT2D eigenvalue weighted by molar-refractivity contribution is 6.04. The first-order valence-electron chi connectivity index (χ1n) is 7.48. The van der Waals surface area contributed by atoms with Gasteiger partial charge in [-0.15, -0.1) is 12.4 Å². The predicted octanol–water partition coefficient (Wildman–Crippen LogP) is 3.19. The number of nitrogens with two attached hydrogens (primary N) is 1. The van der Waals surface area contributed by atoms with Crippen molar-refractivity contribution in [2.45, 2.75) is 25.3 Å². The maximum absolute atomic E-state index is 12.4. The SMILES string of the molecule is COc1cccc(NC(=O)c2ccc3c(c2)CCC(N)C3)c1.Cl. The van der Waals surface area contributed by atoms with Crippen molar-refractivity contribution in [3.8, 4) is 5.75 Å². The molecular formula is C18H21ClN2O2. The Hall–Kier alpha value is -2.04. The molecule has 1 aliphatic rings. The summed E-state index contributed by atoms with van der Waals surface area (Å²) in [6.07, 6.45) is 2.82. The summed E-state index contributed by atoms with van der Waals surface area (Å²) in [7, 11) is 1.61. The van der Waals surface area contributed by atoms with Crippen LogP contribution in [-0.4, -0.2) is 19.1 Å². The number of hydrogen-bond donors (Lipinski definition) is 2. The van der Waals surface area contributed by atoms with Crippen molar-refractivity contribution in [3.63, 3.8) is 0 Å². The molecule has 0 heterocycles. The Balaban J connectivity index is 0.00000192. The van der Waals surface area contributed by atoms with Crippen molar-refractivity contribution in [1.29, 1.82) is 0 Å². The third kappa shape index (κ3) is 4.03. The number of amides is 1. The minimum atomic E-state index is -0.106. The zero-order valence-electron chi connectivity index (χ0n) is 13.0. The number of benzene rings is 2. The first kappa shape index (κ1) is 17.3. The van der Waals surface area contributed by atoms with Crippen molar-refractivity contribution >= 4 is 24.0 Å². The van der Waals surface area contributed by atoms with Gasteiger partial charge in [0, 0.05) is 23.4 Å². The van der Waals surface area contributed by atoms with E-state index in [0.29, 0.717) is 5.56 Å². The molecule has 122 valence electrons. The molecule has 2 aromatic carbocycles. The van der Waals surface area contributed by atoms with Gasteiger partial charge in [-0.2, -0.15) is 0 Å². The third-order valence-electron chi connectivity index (χ3n) is 4.06. The summed E-state index contributed by atoms with van der Waals surface area (Å²) in [6.45, 7) is 0. The van der Waals surface area contributed by atoms with E-state index in [2.05, 4.69) is 5.32 Å². The Labute approximate surface area is 142 Å². The summed E-state index contributed by atoms with van der Waals surface area (Å²) < 4.78 is 5.16. The third-order valence-corrected chi connectivity index (χ3v) is 4.06. The highest BCUT2D eigenvalue weighted by atomic mass is 35.5. The molecule has 1 unspecified atom stereocenters. The monoisotopic (exact) mass is 332 g/mol. The van der Waals surface area contributed by atoms with Crippen LogP contribution in [0, 0.1) is 0 Å². The Morgan fingerprint density at radius 1 is 1.22 bits per heavy atom. The van der Waals surface area contributed by atoms with Crippen molar-refractivity contribution in [3.05, 3.63) is 59.2 Å². The molecule has 0 aromatic heterocycles. The Bertz CT molecular complexity index is 703. The number of anilines is 1. The van der Waals surface area contributed by atoms with Gasteiger partial charge in [-0.1, -0.05) is 12.1 Å². The van der Waals surface area contributed by atoms with Crippen LogP contribution in [0.3, 0.4) is 0 Å². The van der Waals surface area contributed by atoms with Crippen molar-refractivity contribution in [2.24, 2.45) is 5.73 Å². The van der Waals surface area contributed by atoms with Crippen molar-refractivity contribution in [2.75, 3.05) is 12.4 Å². The van der Waals surface area contributed by atoms with Crippen LogP contribution < -0.4 is 15.8 Å². The molecule has 0 radical (unpaired) electrons. The van der Waals surface area contributed by atoms with Gasteiger partial charge in [0.2, 0.25) is 0 Å². The number of hydrogen-bond acceptors (Lipinski definition) is 3. The molecule has 0 spiro atoms. The van der Waals surface area contributed by atoms with Gasteiger partial charge in [0.1, 0.15) is 5.75 Å². The van der Waals surface area contributed by atoms with Crippen LogP contribution in [0.4, 0.5) is 5.69 Å². The predicted molar refractivity (Wildman–Crippen MR) is 94.6 cm³/mol. The van der Waals surface area contributed by atoms with Crippen LogP contribution in [0.15, 0.2) is 42.5 Å². The fourth-order valence-corrected chi connectivity index (χ4v) is 2.83. The molecule has 2 aromatic rings. The molecule has 0 saturated carbocycles. The van der Waals surface area contributed by atoms with E-state index in [1.807, 2.05) is 36.4 Å². The highest BCUT2D eigenvalue weighted by Crippen LogP contribution is 2.23. The van der Waals surface area contributed by atoms with Crippen LogP contribution >= 0.6 is 12.4 Å². The van der Waals surface area contributed by atoms with Crippen LogP contribution in [0.2, 0.25) is 0 Å². The smallest absolute Gasteiger partial charge is 0.255 e. The van der Waals surface area contributed by atoms with Gasteiger partial charge in [-0.3, -0.25) is 4.79 Å². The molecule has 3 N–H and O–H groups in total. The lowest BCUT2D eigenvalue weighted by Gasteiger charge is -2.21. The van der Waals surface area contributed by atoms with Gasteiger partial charge >= 0.3 is 0 Å². The Morgan fingerprint density at radius 3 is 2.83 bits per heavy atom. The number of carbonyl (C=O) groups is 1. The number of fused-ring (bicyclic) bond motifs is 1. The lowest BCUT2D eigenvalue weighted by molar-refractivity contribution is 0.102. The maximum atomic E-state index is 12.4. The summed E-state index contributed by atoms with van der Waals surface area (Å²) >= 11 is 0. The van der Waals surface area contributed by atoms with E-state index in [1.165, 1.54) is 11.1 Å². The molecule has 1 atom stereocenters. The number of ether oxygens (including phenoxy) is 1. The normalized spacial score (nSPS) is 16.0. The molecule has 0 bridgehead atoms. The van der Waals surface area contributed by atoms with Crippen LogP contribution in [-0.2, 0) is 12.8 Å². The zero-order valence-corrected chi connectivity index (χ0v) is 13.9. The second-order valence-corrected chi connectivity index (χ2v) is 5.67. The Morgan fingerprint density at radius 2 is 2.04 bits per heavy atom. The number of nitrogens with one attached hydrogen (secondary N) is 1. The number of carbonyl (C=O) groups excluding carboxylic acids is 1. The van der Waals surface area contributed by atoms with E-state index in [1.54, 1.807) is 13.2 Å². The van der Waals surface area contributed by atoms with E-state index >= 15 is 0 Å². The van der Waals surface area contributed by atoms with Gasteiger partial charge < -0.3 is 15.8 Å².